The molecule has 2 N–H and O–H groups in total. The smallest absolute Gasteiger partial charge is 0.319 e. The zero-order valence-corrected chi connectivity index (χ0v) is 13.6. The fourth-order valence-corrected chi connectivity index (χ4v) is 3.18. The van der Waals surface area contributed by atoms with E-state index in [-0.39, 0.29) is 17.3 Å². The van der Waals surface area contributed by atoms with Crippen LogP contribution in [0.2, 0.25) is 0 Å². The minimum Gasteiger partial charge on any atom is -0.335 e. The molecule has 0 radical (unpaired) electrons. The fourth-order valence-electron chi connectivity index (χ4n) is 3.18. The molecule has 1 unspecified atom stereocenters. The number of anilines is 1. The minimum atomic E-state index is -0.651. The molecule has 1 aliphatic rings. The van der Waals surface area contributed by atoms with E-state index in [4.69, 9.17) is 5.26 Å². The third-order valence-corrected chi connectivity index (χ3v) is 4.40. The molecule has 1 atom stereocenters. The number of hydrogen-bond acceptors (Lipinski definition) is 3. The number of rotatable bonds is 3. The average Bonchev–Trinajstić information content (AvgIpc) is 3.23. The van der Waals surface area contributed by atoms with Gasteiger partial charge in [0.15, 0.2) is 0 Å². The second-order valence-corrected chi connectivity index (χ2v) is 5.93. The third-order valence-electron chi connectivity index (χ3n) is 4.40. The number of aromatic nitrogens is 2. The highest BCUT2D eigenvalue weighted by atomic mass is 19.1. The molecule has 0 aliphatic carbocycles. The Bertz CT molecular complexity index is 1040. The maximum atomic E-state index is 13.9. The van der Waals surface area contributed by atoms with Crippen molar-refractivity contribution in [2.24, 2.45) is 0 Å². The van der Waals surface area contributed by atoms with Gasteiger partial charge in [-0.2, -0.15) is 5.26 Å². The molecule has 3 aromatic rings. The number of hydrogen-bond donors (Lipinski definition) is 2. The Kier molecular flexibility index (Phi) is 3.86. The van der Waals surface area contributed by atoms with Gasteiger partial charge in [0.05, 0.1) is 41.6 Å². The van der Waals surface area contributed by atoms with Crippen molar-refractivity contribution >= 4 is 11.7 Å². The monoisotopic (exact) mass is 347 g/mol. The lowest BCUT2D eigenvalue weighted by Crippen LogP contribution is -2.33. The van der Waals surface area contributed by atoms with E-state index in [1.54, 1.807) is 12.5 Å². The maximum Gasteiger partial charge on any atom is 0.319 e. The van der Waals surface area contributed by atoms with E-state index < -0.39 is 11.8 Å². The molecule has 4 rings (SSSR count). The van der Waals surface area contributed by atoms with Crippen molar-refractivity contribution in [2.45, 2.75) is 6.04 Å². The number of halogens is 1. The Morgan fingerprint density at radius 3 is 2.96 bits per heavy atom. The Balaban J connectivity index is 1.47. The first kappa shape index (κ1) is 15.8. The summed E-state index contributed by atoms with van der Waals surface area (Å²) in [6, 6.07) is 13.1. The summed E-state index contributed by atoms with van der Waals surface area (Å²) in [5, 5.41) is 14.0. The van der Waals surface area contributed by atoms with Crippen LogP contribution < -0.4 is 10.6 Å². The second kappa shape index (κ2) is 6.33. The van der Waals surface area contributed by atoms with Crippen LogP contribution in [0.1, 0.15) is 17.2 Å². The number of benzene rings is 2. The number of nitrogens with one attached hydrogen (secondary N) is 2. The van der Waals surface area contributed by atoms with E-state index >= 15 is 0 Å². The quantitative estimate of drug-likeness (QED) is 0.763. The largest absolute Gasteiger partial charge is 0.335 e. The number of fused-ring (bicyclic) bond motifs is 3. The standard InChI is InChI=1S/C19H14FN5O/c20-15-7-12(8-21)5-6-16(15)24-19(26)23-10-18-14-4-2-1-3-13(14)17-9-22-11-25(17)18/h1-7,9,11,18H,10H2,(H2,23,24,26). The summed E-state index contributed by atoms with van der Waals surface area (Å²) < 4.78 is 15.9. The molecule has 26 heavy (non-hydrogen) atoms. The summed E-state index contributed by atoms with van der Waals surface area (Å²) in [4.78, 5) is 16.3. The van der Waals surface area contributed by atoms with Crippen LogP contribution in [-0.4, -0.2) is 22.1 Å². The van der Waals surface area contributed by atoms with E-state index in [9.17, 15) is 9.18 Å². The van der Waals surface area contributed by atoms with Crippen LogP contribution in [0, 0.1) is 17.1 Å². The van der Waals surface area contributed by atoms with Crippen LogP contribution in [0.25, 0.3) is 11.3 Å². The van der Waals surface area contributed by atoms with Gasteiger partial charge in [-0.05, 0) is 23.8 Å². The SMILES string of the molecule is N#Cc1ccc(NC(=O)NCC2c3ccccc3-c3cncn32)c(F)c1. The van der Waals surface area contributed by atoms with Gasteiger partial charge in [0.2, 0.25) is 0 Å². The van der Waals surface area contributed by atoms with E-state index in [1.165, 1.54) is 12.1 Å². The third kappa shape index (κ3) is 2.67. The lowest BCUT2D eigenvalue weighted by molar-refractivity contribution is 0.251. The van der Waals surface area contributed by atoms with Crippen LogP contribution in [0.3, 0.4) is 0 Å². The predicted molar refractivity (Wildman–Crippen MR) is 93.9 cm³/mol. The summed E-state index contributed by atoms with van der Waals surface area (Å²) in [5.41, 5.74) is 3.43. The van der Waals surface area contributed by atoms with Crippen LogP contribution in [-0.2, 0) is 0 Å². The molecule has 2 aromatic carbocycles. The molecule has 7 heteroatoms. The number of imidazole rings is 1. The van der Waals surface area contributed by atoms with E-state index in [1.807, 2.05) is 34.9 Å². The summed E-state index contributed by atoms with van der Waals surface area (Å²) in [7, 11) is 0. The van der Waals surface area contributed by atoms with Gasteiger partial charge < -0.3 is 15.2 Å². The van der Waals surface area contributed by atoms with Gasteiger partial charge in [-0.15, -0.1) is 0 Å². The first-order valence-corrected chi connectivity index (χ1v) is 8.03. The molecule has 2 amide bonds. The van der Waals surface area contributed by atoms with Gasteiger partial charge in [-0.1, -0.05) is 24.3 Å². The molecule has 0 fully saturated rings. The summed E-state index contributed by atoms with van der Waals surface area (Å²) in [6.07, 6.45) is 3.53. The van der Waals surface area contributed by atoms with Gasteiger partial charge in [-0.25, -0.2) is 14.2 Å². The van der Waals surface area contributed by atoms with Crippen molar-refractivity contribution < 1.29 is 9.18 Å². The minimum absolute atomic E-state index is 0.0247. The normalized spacial score (nSPS) is 14.2. The lowest BCUT2D eigenvalue weighted by atomic mass is 10.0. The number of nitriles is 1. The molecule has 0 saturated heterocycles. The van der Waals surface area contributed by atoms with Crippen molar-refractivity contribution in [3.63, 3.8) is 0 Å². The Morgan fingerprint density at radius 1 is 1.31 bits per heavy atom. The number of urea groups is 1. The molecule has 128 valence electrons. The van der Waals surface area contributed by atoms with Gasteiger partial charge in [0, 0.05) is 12.1 Å². The predicted octanol–water partition coefficient (Wildman–Crippen LogP) is 3.29. The molecular weight excluding hydrogens is 333 g/mol. The Morgan fingerprint density at radius 2 is 2.15 bits per heavy atom. The van der Waals surface area contributed by atoms with E-state index in [2.05, 4.69) is 15.6 Å². The molecular formula is C19H14FN5O. The molecule has 6 nitrogen and oxygen atoms in total. The Hall–Kier alpha value is -3.66. The molecule has 0 spiro atoms. The topological polar surface area (TPSA) is 82.7 Å². The molecule has 0 bridgehead atoms. The van der Waals surface area contributed by atoms with Crippen LogP contribution in [0.15, 0.2) is 55.0 Å². The van der Waals surface area contributed by atoms with Crippen molar-refractivity contribution in [3.8, 4) is 17.3 Å². The van der Waals surface area contributed by atoms with Gasteiger partial charge in [0.25, 0.3) is 0 Å². The zero-order valence-electron chi connectivity index (χ0n) is 13.6. The zero-order chi connectivity index (χ0) is 18.1. The molecule has 1 aliphatic heterocycles. The van der Waals surface area contributed by atoms with Gasteiger partial charge in [-0.3, -0.25) is 0 Å². The first-order valence-electron chi connectivity index (χ1n) is 8.03. The maximum absolute atomic E-state index is 13.9. The van der Waals surface area contributed by atoms with E-state index in [0.717, 1.165) is 22.9 Å². The van der Waals surface area contributed by atoms with Crippen LogP contribution in [0.5, 0.6) is 0 Å². The van der Waals surface area contributed by atoms with Crippen molar-refractivity contribution in [3.05, 3.63) is 71.9 Å². The molecule has 2 heterocycles. The highest BCUT2D eigenvalue weighted by Gasteiger charge is 2.28. The number of carbonyl (C=O) groups excluding carboxylic acids is 1. The molecule has 0 saturated carbocycles. The number of amides is 2. The fraction of sp³-hybridized carbons (Fsp3) is 0.105. The van der Waals surface area contributed by atoms with Crippen molar-refractivity contribution in [1.82, 2.24) is 14.9 Å². The summed E-state index contributed by atoms with van der Waals surface area (Å²) in [6.45, 7) is 0.337. The van der Waals surface area contributed by atoms with Gasteiger partial charge >= 0.3 is 6.03 Å². The first-order chi connectivity index (χ1) is 12.7. The van der Waals surface area contributed by atoms with Crippen LogP contribution in [0.4, 0.5) is 14.9 Å². The number of nitrogens with zero attached hydrogens (tertiary/aromatic N) is 3. The number of carbonyl (C=O) groups is 1. The van der Waals surface area contributed by atoms with Crippen LogP contribution >= 0.6 is 0 Å². The molecule has 1 aromatic heterocycles. The summed E-state index contributed by atoms with van der Waals surface area (Å²) >= 11 is 0. The lowest BCUT2D eigenvalue weighted by Gasteiger charge is -2.16. The highest BCUT2D eigenvalue weighted by Crippen LogP contribution is 2.38. The van der Waals surface area contributed by atoms with E-state index in [0.29, 0.717) is 6.54 Å². The van der Waals surface area contributed by atoms with Gasteiger partial charge in [0.1, 0.15) is 5.82 Å². The summed E-state index contributed by atoms with van der Waals surface area (Å²) in [5.74, 6) is -0.651. The average molecular weight is 347 g/mol. The highest BCUT2D eigenvalue weighted by molar-refractivity contribution is 5.89. The second-order valence-electron chi connectivity index (χ2n) is 5.93. The van der Waals surface area contributed by atoms with Crippen molar-refractivity contribution in [1.29, 1.82) is 5.26 Å². The Labute approximate surface area is 148 Å². The van der Waals surface area contributed by atoms with Crippen molar-refractivity contribution in [2.75, 3.05) is 11.9 Å².